The van der Waals surface area contributed by atoms with Crippen molar-refractivity contribution in [1.82, 2.24) is 9.62 Å². The molecule has 0 saturated carbocycles. The van der Waals surface area contributed by atoms with Crippen LogP contribution in [0.5, 0.6) is 0 Å². The quantitative estimate of drug-likeness (QED) is 0.364. The van der Waals surface area contributed by atoms with Crippen LogP contribution in [0.3, 0.4) is 0 Å². The Kier molecular flexibility index (Phi) is 8.35. The van der Waals surface area contributed by atoms with E-state index in [2.05, 4.69) is 10.6 Å². The Bertz CT molecular complexity index is 1260. The molecule has 0 saturated heterocycles. The standard InChI is InChI=1S/C24H22ClN3O3S2/c1-28(17-18-7-3-2-4-8-18)33(30,31)21-14-12-20(13-15-21)26-24(32)27-23(29)16-11-19-9-5-6-10-22(19)25/h2-16H,17H2,1H3,(H2,26,27,29,32). The molecule has 0 bridgehead atoms. The van der Waals surface area contributed by atoms with E-state index in [0.29, 0.717) is 16.3 Å². The molecule has 1 amide bonds. The highest BCUT2D eigenvalue weighted by molar-refractivity contribution is 7.89. The van der Waals surface area contributed by atoms with Gasteiger partial charge in [0.25, 0.3) is 0 Å². The molecule has 0 radical (unpaired) electrons. The van der Waals surface area contributed by atoms with E-state index in [1.165, 1.54) is 29.6 Å². The molecule has 0 aliphatic rings. The highest BCUT2D eigenvalue weighted by atomic mass is 35.5. The molecule has 2 N–H and O–H groups in total. The van der Waals surface area contributed by atoms with Crippen LogP contribution in [0.2, 0.25) is 5.02 Å². The van der Waals surface area contributed by atoms with Gasteiger partial charge < -0.3 is 5.32 Å². The van der Waals surface area contributed by atoms with Crippen LogP contribution < -0.4 is 10.6 Å². The molecule has 33 heavy (non-hydrogen) atoms. The number of hydrogen-bond acceptors (Lipinski definition) is 4. The van der Waals surface area contributed by atoms with Crippen LogP contribution in [0.4, 0.5) is 5.69 Å². The summed E-state index contributed by atoms with van der Waals surface area (Å²) in [6, 6.07) is 22.6. The maximum atomic E-state index is 12.8. The van der Waals surface area contributed by atoms with Crippen LogP contribution in [0, 0.1) is 0 Å². The molecule has 0 aliphatic heterocycles. The number of nitrogens with zero attached hydrogens (tertiary/aromatic N) is 1. The average Bonchev–Trinajstić information content (AvgIpc) is 2.79. The topological polar surface area (TPSA) is 78.5 Å². The second kappa shape index (κ2) is 11.2. The third-order valence-corrected chi connectivity index (χ3v) is 6.99. The lowest BCUT2D eigenvalue weighted by Gasteiger charge is -2.17. The van der Waals surface area contributed by atoms with Gasteiger partial charge in [-0.2, -0.15) is 4.31 Å². The Morgan fingerprint density at radius 2 is 1.64 bits per heavy atom. The van der Waals surface area contributed by atoms with Gasteiger partial charge in [0.1, 0.15) is 0 Å². The van der Waals surface area contributed by atoms with Crippen molar-refractivity contribution in [3.8, 4) is 0 Å². The lowest BCUT2D eigenvalue weighted by atomic mass is 10.2. The van der Waals surface area contributed by atoms with Gasteiger partial charge in [0.2, 0.25) is 15.9 Å². The average molecular weight is 500 g/mol. The van der Waals surface area contributed by atoms with E-state index in [4.69, 9.17) is 23.8 Å². The van der Waals surface area contributed by atoms with Crippen LogP contribution in [0.15, 0.2) is 89.8 Å². The number of sulfonamides is 1. The number of benzene rings is 3. The van der Waals surface area contributed by atoms with E-state index in [-0.39, 0.29) is 16.6 Å². The largest absolute Gasteiger partial charge is 0.332 e. The number of carbonyl (C=O) groups is 1. The maximum absolute atomic E-state index is 12.8. The van der Waals surface area contributed by atoms with Gasteiger partial charge in [0.05, 0.1) is 4.90 Å². The fourth-order valence-corrected chi connectivity index (χ4v) is 4.48. The third-order valence-electron chi connectivity index (χ3n) is 4.62. The summed E-state index contributed by atoms with van der Waals surface area (Å²) in [6.45, 7) is 0.265. The highest BCUT2D eigenvalue weighted by Gasteiger charge is 2.20. The Labute approximate surface area is 203 Å². The van der Waals surface area contributed by atoms with Crippen molar-refractivity contribution in [2.75, 3.05) is 12.4 Å². The molecular weight excluding hydrogens is 478 g/mol. The van der Waals surface area contributed by atoms with Crippen molar-refractivity contribution in [3.05, 3.63) is 101 Å². The number of amides is 1. The smallest absolute Gasteiger partial charge is 0.250 e. The Hall–Kier alpha value is -3.04. The lowest BCUT2D eigenvalue weighted by Crippen LogP contribution is -2.32. The summed E-state index contributed by atoms with van der Waals surface area (Å²) < 4.78 is 27.0. The van der Waals surface area contributed by atoms with E-state index in [1.54, 1.807) is 36.4 Å². The number of thiocarbonyl (C=S) groups is 1. The highest BCUT2D eigenvalue weighted by Crippen LogP contribution is 2.19. The molecule has 3 rings (SSSR count). The fraction of sp³-hybridized carbons (Fsp3) is 0.0833. The zero-order valence-electron chi connectivity index (χ0n) is 17.7. The third kappa shape index (κ3) is 6.97. The summed E-state index contributed by atoms with van der Waals surface area (Å²) in [6.07, 6.45) is 2.92. The first-order valence-electron chi connectivity index (χ1n) is 9.90. The molecule has 9 heteroatoms. The van der Waals surface area contributed by atoms with Crippen LogP contribution in [0.25, 0.3) is 6.08 Å². The number of carbonyl (C=O) groups excluding carboxylic acids is 1. The van der Waals surface area contributed by atoms with Crippen LogP contribution >= 0.6 is 23.8 Å². The molecule has 6 nitrogen and oxygen atoms in total. The molecule has 3 aromatic rings. The van der Waals surface area contributed by atoms with Crippen molar-refractivity contribution in [1.29, 1.82) is 0 Å². The number of anilines is 1. The second-order valence-electron chi connectivity index (χ2n) is 7.07. The summed E-state index contributed by atoms with van der Waals surface area (Å²) >= 11 is 11.2. The van der Waals surface area contributed by atoms with Gasteiger partial charge >= 0.3 is 0 Å². The molecule has 0 aromatic heterocycles. The molecule has 0 spiro atoms. The van der Waals surface area contributed by atoms with E-state index in [1.807, 2.05) is 36.4 Å². The van der Waals surface area contributed by atoms with Gasteiger partial charge in [-0.05, 0) is 59.8 Å². The number of halogens is 1. The van der Waals surface area contributed by atoms with Gasteiger partial charge in [0.15, 0.2) is 5.11 Å². The predicted molar refractivity (Wildman–Crippen MR) is 136 cm³/mol. The van der Waals surface area contributed by atoms with Crippen molar-refractivity contribution >= 4 is 56.6 Å². The number of hydrogen-bond donors (Lipinski definition) is 2. The predicted octanol–water partition coefficient (Wildman–Crippen LogP) is 4.69. The van der Waals surface area contributed by atoms with E-state index in [0.717, 1.165) is 5.56 Å². The van der Waals surface area contributed by atoms with Gasteiger partial charge in [-0.15, -0.1) is 0 Å². The summed E-state index contributed by atoms with van der Waals surface area (Å²) in [5, 5.41) is 6.01. The maximum Gasteiger partial charge on any atom is 0.250 e. The minimum absolute atomic E-state index is 0.0839. The molecule has 3 aromatic carbocycles. The first kappa shape index (κ1) is 24.6. The summed E-state index contributed by atoms with van der Waals surface area (Å²) in [7, 11) is -2.12. The van der Waals surface area contributed by atoms with Crippen LogP contribution in [-0.2, 0) is 21.4 Å². The molecule has 170 valence electrons. The van der Waals surface area contributed by atoms with E-state index >= 15 is 0 Å². The van der Waals surface area contributed by atoms with Crippen LogP contribution in [-0.4, -0.2) is 30.8 Å². The first-order chi connectivity index (χ1) is 15.8. The van der Waals surface area contributed by atoms with Gasteiger partial charge in [-0.1, -0.05) is 60.1 Å². The van der Waals surface area contributed by atoms with Crippen LogP contribution in [0.1, 0.15) is 11.1 Å². The molecule has 0 heterocycles. The van der Waals surface area contributed by atoms with Crippen molar-refractivity contribution in [2.24, 2.45) is 0 Å². The molecule has 0 fully saturated rings. The molecular formula is C24H22ClN3O3S2. The van der Waals surface area contributed by atoms with E-state index < -0.39 is 15.9 Å². The zero-order valence-corrected chi connectivity index (χ0v) is 20.1. The van der Waals surface area contributed by atoms with Crippen molar-refractivity contribution < 1.29 is 13.2 Å². The SMILES string of the molecule is CN(Cc1ccccc1)S(=O)(=O)c1ccc(NC(=S)NC(=O)C=Cc2ccccc2Cl)cc1. The monoisotopic (exact) mass is 499 g/mol. The fourth-order valence-electron chi connectivity index (χ4n) is 2.91. The molecule has 0 aliphatic carbocycles. The lowest BCUT2D eigenvalue weighted by molar-refractivity contribution is -0.115. The minimum atomic E-state index is -3.66. The number of rotatable bonds is 7. The Morgan fingerprint density at radius 1 is 1.00 bits per heavy atom. The van der Waals surface area contributed by atoms with Crippen molar-refractivity contribution in [2.45, 2.75) is 11.4 Å². The zero-order chi connectivity index (χ0) is 23.8. The number of nitrogens with one attached hydrogen (secondary N) is 2. The Balaban J connectivity index is 1.57. The Morgan fingerprint density at radius 3 is 2.30 bits per heavy atom. The molecule has 0 atom stereocenters. The van der Waals surface area contributed by atoms with Gasteiger partial charge in [-0.3, -0.25) is 10.1 Å². The summed E-state index contributed by atoms with van der Waals surface area (Å²) in [4.78, 5) is 12.2. The summed E-state index contributed by atoms with van der Waals surface area (Å²) in [5.74, 6) is -0.422. The minimum Gasteiger partial charge on any atom is -0.332 e. The second-order valence-corrected chi connectivity index (χ2v) is 9.93. The molecule has 0 unspecified atom stereocenters. The summed E-state index contributed by atoms with van der Waals surface area (Å²) in [5.41, 5.74) is 2.15. The normalized spacial score (nSPS) is 11.5. The van der Waals surface area contributed by atoms with Gasteiger partial charge in [0, 0.05) is 30.4 Å². The van der Waals surface area contributed by atoms with Gasteiger partial charge in [-0.25, -0.2) is 8.42 Å². The first-order valence-corrected chi connectivity index (χ1v) is 12.1. The van der Waals surface area contributed by atoms with E-state index in [9.17, 15) is 13.2 Å². The van der Waals surface area contributed by atoms with Crippen molar-refractivity contribution in [3.63, 3.8) is 0 Å².